The predicted molar refractivity (Wildman–Crippen MR) is 89.6 cm³/mol. The van der Waals surface area contributed by atoms with Crippen molar-refractivity contribution in [2.75, 3.05) is 7.11 Å². The van der Waals surface area contributed by atoms with E-state index in [2.05, 4.69) is 16.0 Å². The zero-order valence-corrected chi connectivity index (χ0v) is 13.3. The van der Waals surface area contributed by atoms with Gasteiger partial charge in [0, 0.05) is 12.0 Å². The van der Waals surface area contributed by atoms with E-state index in [9.17, 15) is 0 Å². The van der Waals surface area contributed by atoms with Crippen molar-refractivity contribution in [1.29, 1.82) is 0 Å². The van der Waals surface area contributed by atoms with Gasteiger partial charge in [-0.1, -0.05) is 54.1 Å². The van der Waals surface area contributed by atoms with Crippen LogP contribution in [-0.4, -0.2) is 17.1 Å². The number of nitrogens with zero attached hydrogens (tertiary/aromatic N) is 1. The average molecular weight is 313 g/mol. The van der Waals surface area contributed by atoms with E-state index in [0.717, 1.165) is 28.4 Å². The Labute approximate surface area is 134 Å². The van der Waals surface area contributed by atoms with Gasteiger partial charge >= 0.3 is 0 Å². The number of aryl methyl sites for hydroxylation is 1. The highest BCUT2D eigenvalue weighted by atomic mass is 35.5. The number of hydrogen-bond acceptors (Lipinski definition) is 2. The molecule has 3 nitrogen and oxygen atoms in total. The second-order valence-electron chi connectivity index (χ2n) is 5.20. The number of halogens is 1. The number of aromatic nitrogens is 2. The van der Waals surface area contributed by atoms with Gasteiger partial charge in [-0.2, -0.15) is 0 Å². The quantitative estimate of drug-likeness (QED) is 0.762. The highest BCUT2D eigenvalue weighted by molar-refractivity contribution is 6.30. The monoisotopic (exact) mass is 312 g/mol. The number of rotatable bonds is 4. The highest BCUT2D eigenvalue weighted by Gasteiger charge is 2.11. The molecular formula is C18H17ClN2O. The van der Waals surface area contributed by atoms with Crippen LogP contribution in [0.4, 0.5) is 0 Å². The summed E-state index contributed by atoms with van der Waals surface area (Å²) in [6.07, 6.45) is 0.712. The molecule has 112 valence electrons. The third kappa shape index (κ3) is 3.00. The largest absolute Gasteiger partial charge is 0.496 e. The van der Waals surface area contributed by atoms with Crippen LogP contribution in [0.5, 0.6) is 5.75 Å². The molecular weight excluding hydrogens is 296 g/mol. The number of H-pyrrole nitrogens is 1. The van der Waals surface area contributed by atoms with Gasteiger partial charge in [0.05, 0.1) is 12.8 Å². The Morgan fingerprint density at radius 1 is 1.14 bits per heavy atom. The highest BCUT2D eigenvalue weighted by Crippen LogP contribution is 2.25. The zero-order chi connectivity index (χ0) is 15.5. The molecule has 0 aliphatic rings. The van der Waals surface area contributed by atoms with E-state index < -0.39 is 0 Å². The number of hydrogen-bond donors (Lipinski definition) is 1. The van der Waals surface area contributed by atoms with Crippen molar-refractivity contribution >= 4 is 11.6 Å². The van der Waals surface area contributed by atoms with Gasteiger partial charge in [-0.25, -0.2) is 4.98 Å². The maximum atomic E-state index is 6.28. The molecule has 2 aromatic carbocycles. The van der Waals surface area contributed by atoms with E-state index in [1.807, 2.05) is 49.4 Å². The van der Waals surface area contributed by atoms with E-state index in [1.165, 1.54) is 5.56 Å². The van der Waals surface area contributed by atoms with Gasteiger partial charge < -0.3 is 9.72 Å². The fourth-order valence-electron chi connectivity index (χ4n) is 2.49. The molecule has 1 aromatic heterocycles. The fraction of sp³-hybridized carbons (Fsp3) is 0.167. The maximum Gasteiger partial charge on any atom is 0.151 e. The molecule has 0 saturated carbocycles. The second-order valence-corrected chi connectivity index (χ2v) is 5.56. The van der Waals surface area contributed by atoms with Gasteiger partial charge in [0.15, 0.2) is 5.15 Å². The molecule has 0 radical (unpaired) electrons. The molecule has 1 heterocycles. The van der Waals surface area contributed by atoms with E-state index in [4.69, 9.17) is 16.3 Å². The minimum atomic E-state index is 0.521. The Balaban J connectivity index is 1.87. The van der Waals surface area contributed by atoms with Gasteiger partial charge in [-0.05, 0) is 24.1 Å². The first kappa shape index (κ1) is 14.7. The van der Waals surface area contributed by atoms with Crippen molar-refractivity contribution in [1.82, 2.24) is 9.97 Å². The van der Waals surface area contributed by atoms with Gasteiger partial charge in [0.2, 0.25) is 0 Å². The minimum Gasteiger partial charge on any atom is -0.496 e. The van der Waals surface area contributed by atoms with Gasteiger partial charge in [0.1, 0.15) is 11.6 Å². The Hall–Kier alpha value is -2.26. The molecule has 4 heteroatoms. The van der Waals surface area contributed by atoms with Crippen LogP contribution >= 0.6 is 11.6 Å². The summed E-state index contributed by atoms with van der Waals surface area (Å²) >= 11 is 6.28. The molecule has 3 rings (SSSR count). The summed E-state index contributed by atoms with van der Waals surface area (Å²) in [5.74, 6) is 1.69. The molecule has 0 spiro atoms. The Bertz CT molecular complexity index is 781. The Morgan fingerprint density at radius 3 is 2.59 bits per heavy atom. The van der Waals surface area contributed by atoms with E-state index in [1.54, 1.807) is 7.11 Å². The summed E-state index contributed by atoms with van der Waals surface area (Å²) in [5.41, 5.74) is 4.23. The van der Waals surface area contributed by atoms with Gasteiger partial charge in [-0.3, -0.25) is 0 Å². The molecule has 0 atom stereocenters. The molecule has 0 saturated heterocycles. The van der Waals surface area contributed by atoms with Crippen LogP contribution in [0.25, 0.3) is 11.4 Å². The number of aromatic amines is 1. The Morgan fingerprint density at radius 2 is 1.91 bits per heavy atom. The summed E-state index contributed by atoms with van der Waals surface area (Å²) < 4.78 is 5.29. The molecule has 0 aliphatic heterocycles. The number of ether oxygens (including phenoxy) is 1. The van der Waals surface area contributed by atoms with Gasteiger partial charge in [-0.15, -0.1) is 0 Å². The van der Waals surface area contributed by atoms with Crippen LogP contribution in [0.1, 0.15) is 16.8 Å². The molecule has 1 N–H and O–H groups in total. The Kier molecular flexibility index (Phi) is 4.16. The lowest BCUT2D eigenvalue weighted by Gasteiger charge is -2.06. The first-order valence-electron chi connectivity index (χ1n) is 7.10. The predicted octanol–water partition coefficient (Wildman–Crippen LogP) is 4.64. The molecule has 3 aromatic rings. The van der Waals surface area contributed by atoms with Crippen molar-refractivity contribution in [2.24, 2.45) is 0 Å². The summed E-state index contributed by atoms with van der Waals surface area (Å²) in [5, 5.41) is 0.521. The van der Waals surface area contributed by atoms with Crippen molar-refractivity contribution in [3.63, 3.8) is 0 Å². The SMILES string of the molecule is COc1ccc(Cc2[nH]c(-c3ccccc3)nc2Cl)cc1C. The maximum absolute atomic E-state index is 6.28. The van der Waals surface area contributed by atoms with Crippen LogP contribution in [0.15, 0.2) is 48.5 Å². The summed E-state index contributed by atoms with van der Waals surface area (Å²) in [6, 6.07) is 16.1. The third-order valence-corrected chi connectivity index (χ3v) is 3.93. The van der Waals surface area contributed by atoms with Crippen LogP contribution < -0.4 is 4.74 Å². The number of imidazole rings is 1. The lowest BCUT2D eigenvalue weighted by Crippen LogP contribution is -1.93. The molecule has 0 fully saturated rings. The van der Waals surface area contributed by atoms with Crippen molar-refractivity contribution in [3.05, 3.63) is 70.5 Å². The summed E-state index contributed by atoms with van der Waals surface area (Å²) in [4.78, 5) is 7.74. The van der Waals surface area contributed by atoms with Crippen LogP contribution in [-0.2, 0) is 6.42 Å². The summed E-state index contributed by atoms with van der Waals surface area (Å²) in [6.45, 7) is 2.03. The van der Waals surface area contributed by atoms with Crippen molar-refractivity contribution in [3.8, 4) is 17.1 Å². The van der Waals surface area contributed by atoms with Crippen molar-refractivity contribution < 1.29 is 4.74 Å². The topological polar surface area (TPSA) is 37.9 Å². The van der Waals surface area contributed by atoms with Crippen LogP contribution in [0.2, 0.25) is 5.15 Å². The minimum absolute atomic E-state index is 0.521. The first-order valence-corrected chi connectivity index (χ1v) is 7.48. The van der Waals surface area contributed by atoms with E-state index >= 15 is 0 Å². The smallest absolute Gasteiger partial charge is 0.151 e. The fourth-order valence-corrected chi connectivity index (χ4v) is 2.69. The van der Waals surface area contributed by atoms with Crippen molar-refractivity contribution in [2.45, 2.75) is 13.3 Å². The van der Waals surface area contributed by atoms with E-state index in [-0.39, 0.29) is 0 Å². The summed E-state index contributed by atoms with van der Waals surface area (Å²) in [7, 11) is 1.68. The lowest BCUT2D eigenvalue weighted by atomic mass is 10.1. The second kappa shape index (κ2) is 6.24. The number of benzene rings is 2. The van der Waals surface area contributed by atoms with Crippen LogP contribution in [0.3, 0.4) is 0 Å². The van der Waals surface area contributed by atoms with E-state index in [0.29, 0.717) is 11.6 Å². The molecule has 0 amide bonds. The average Bonchev–Trinajstić information content (AvgIpc) is 2.89. The number of nitrogens with one attached hydrogen (secondary N) is 1. The third-order valence-electron chi connectivity index (χ3n) is 3.62. The normalized spacial score (nSPS) is 10.7. The molecule has 0 unspecified atom stereocenters. The standard InChI is InChI=1S/C18H17ClN2O/c1-12-10-13(8-9-16(12)22-2)11-15-17(19)21-18(20-15)14-6-4-3-5-7-14/h3-10H,11H2,1-2H3,(H,20,21). The molecule has 22 heavy (non-hydrogen) atoms. The zero-order valence-electron chi connectivity index (χ0n) is 12.6. The number of methoxy groups -OCH3 is 1. The lowest BCUT2D eigenvalue weighted by molar-refractivity contribution is 0.411. The molecule has 0 aliphatic carbocycles. The molecule has 0 bridgehead atoms. The first-order chi connectivity index (χ1) is 10.7. The van der Waals surface area contributed by atoms with Gasteiger partial charge in [0.25, 0.3) is 0 Å². The van der Waals surface area contributed by atoms with Crippen LogP contribution in [0, 0.1) is 6.92 Å².